The average molecular weight is 364 g/mol. The molecule has 0 aromatic carbocycles. The van der Waals surface area contributed by atoms with E-state index in [2.05, 4.69) is 6.58 Å². The minimum atomic E-state index is -0.648. The van der Waals surface area contributed by atoms with Crippen LogP contribution in [0.4, 0.5) is 0 Å². The highest BCUT2D eigenvalue weighted by atomic mass is 16.6. The van der Waals surface area contributed by atoms with Crippen molar-refractivity contribution in [2.45, 2.75) is 58.3 Å². The molecule has 0 radical (unpaired) electrons. The monoisotopic (exact) mass is 364 g/mol. The summed E-state index contributed by atoms with van der Waals surface area (Å²) in [5.41, 5.74) is 2.22. The fourth-order valence-electron chi connectivity index (χ4n) is 3.18. The minimum Gasteiger partial charge on any atom is -0.458 e. The predicted octanol–water partition coefficient (Wildman–Crippen LogP) is 1.75. The molecular formula is C19H24O7. The molecule has 0 saturated carbocycles. The highest BCUT2D eigenvalue weighted by Gasteiger charge is 2.35. The van der Waals surface area contributed by atoms with Gasteiger partial charge in [-0.3, -0.25) is 9.59 Å². The number of aliphatic hydroxyl groups excluding tert-OH is 1. The molecule has 1 N–H and O–H groups in total. The molecule has 7 heteroatoms. The van der Waals surface area contributed by atoms with Crippen LogP contribution in [-0.4, -0.2) is 47.9 Å². The van der Waals surface area contributed by atoms with Crippen LogP contribution >= 0.6 is 0 Å². The highest BCUT2D eigenvalue weighted by Crippen LogP contribution is 2.33. The van der Waals surface area contributed by atoms with Crippen LogP contribution in [0.5, 0.6) is 0 Å². The van der Waals surface area contributed by atoms with Crippen LogP contribution in [0.15, 0.2) is 34.9 Å². The zero-order valence-electron chi connectivity index (χ0n) is 15.2. The molecule has 0 bridgehead atoms. The average Bonchev–Trinajstić information content (AvgIpc) is 2.84. The molecule has 0 saturated heterocycles. The van der Waals surface area contributed by atoms with Crippen LogP contribution in [0, 0.1) is 0 Å². The van der Waals surface area contributed by atoms with Crippen LogP contribution in [0.3, 0.4) is 0 Å². The Labute approximate surface area is 152 Å². The Balaban J connectivity index is 2.44. The van der Waals surface area contributed by atoms with E-state index in [1.165, 1.54) is 13.8 Å². The van der Waals surface area contributed by atoms with Gasteiger partial charge >= 0.3 is 17.9 Å². The van der Waals surface area contributed by atoms with Gasteiger partial charge in [0.25, 0.3) is 0 Å². The first-order valence-electron chi connectivity index (χ1n) is 8.47. The lowest BCUT2D eigenvalue weighted by atomic mass is 9.89. The van der Waals surface area contributed by atoms with Crippen LogP contribution in [0.1, 0.15) is 40.0 Å². The van der Waals surface area contributed by atoms with E-state index in [1.807, 2.05) is 0 Å². The molecule has 0 spiro atoms. The normalized spacial score (nSPS) is 28.6. The molecular weight excluding hydrogens is 340 g/mol. The van der Waals surface area contributed by atoms with Crippen molar-refractivity contribution in [3.05, 3.63) is 34.9 Å². The van der Waals surface area contributed by atoms with Crippen molar-refractivity contribution in [1.82, 2.24) is 0 Å². The summed E-state index contributed by atoms with van der Waals surface area (Å²) in [5, 5.41) is 9.50. The predicted molar refractivity (Wildman–Crippen MR) is 91.8 cm³/mol. The van der Waals surface area contributed by atoms with Crippen molar-refractivity contribution in [1.29, 1.82) is 0 Å². The van der Waals surface area contributed by atoms with E-state index in [9.17, 15) is 19.5 Å². The standard InChI is InChI=1S/C19H24O7/c1-10-5-6-14-15(9-20)19(23)26-18(14)7-11(2)17(25-13(4)22)8-16(10)24-12(3)21/h7,16-18,20H,1,5-6,8-9H2,2-4H3/b11-7+/t16-,17+,18+/m0/s1. The molecule has 2 aliphatic rings. The maximum absolute atomic E-state index is 12.0. The van der Waals surface area contributed by atoms with E-state index in [0.717, 1.165) is 0 Å². The van der Waals surface area contributed by atoms with Crippen molar-refractivity contribution < 1.29 is 33.7 Å². The summed E-state index contributed by atoms with van der Waals surface area (Å²) in [5.74, 6) is -1.48. The molecule has 26 heavy (non-hydrogen) atoms. The summed E-state index contributed by atoms with van der Waals surface area (Å²) in [6, 6.07) is 0. The number of fused-ring (bicyclic) bond motifs is 1. The smallest absolute Gasteiger partial charge is 0.337 e. The summed E-state index contributed by atoms with van der Waals surface area (Å²) >= 11 is 0. The van der Waals surface area contributed by atoms with Gasteiger partial charge in [0.05, 0.1) is 12.2 Å². The van der Waals surface area contributed by atoms with E-state index in [4.69, 9.17) is 14.2 Å². The zero-order chi connectivity index (χ0) is 19.4. The molecule has 1 aliphatic heterocycles. The number of aliphatic hydroxyl groups is 1. The largest absolute Gasteiger partial charge is 0.458 e. The number of ether oxygens (including phenoxy) is 3. The van der Waals surface area contributed by atoms with Crippen molar-refractivity contribution in [2.75, 3.05) is 6.61 Å². The van der Waals surface area contributed by atoms with E-state index >= 15 is 0 Å². The van der Waals surface area contributed by atoms with Crippen LogP contribution in [0.25, 0.3) is 0 Å². The third-order valence-corrected chi connectivity index (χ3v) is 4.51. The quantitative estimate of drug-likeness (QED) is 0.463. The number of hydrogen-bond acceptors (Lipinski definition) is 7. The summed E-state index contributed by atoms with van der Waals surface area (Å²) in [7, 11) is 0. The van der Waals surface area contributed by atoms with Crippen molar-refractivity contribution in [2.24, 2.45) is 0 Å². The first kappa shape index (κ1) is 19.9. The lowest BCUT2D eigenvalue weighted by Crippen LogP contribution is -2.30. The molecule has 7 nitrogen and oxygen atoms in total. The molecule has 0 amide bonds. The molecule has 1 heterocycles. The number of esters is 3. The van der Waals surface area contributed by atoms with Gasteiger partial charge in [0.2, 0.25) is 0 Å². The molecule has 2 rings (SSSR count). The fourth-order valence-corrected chi connectivity index (χ4v) is 3.18. The number of hydrogen-bond donors (Lipinski definition) is 1. The lowest BCUT2D eigenvalue weighted by molar-refractivity contribution is -0.150. The second-order valence-electron chi connectivity index (χ2n) is 6.49. The SMILES string of the molecule is C=C1CCC2=C(CO)C(=O)O[C@@H]2/C=C(\C)[C@H](OC(C)=O)C[C@@H]1OC(C)=O. The van der Waals surface area contributed by atoms with Crippen LogP contribution < -0.4 is 0 Å². The first-order chi connectivity index (χ1) is 12.2. The number of carbonyl (C=O) groups is 3. The molecule has 3 atom stereocenters. The van der Waals surface area contributed by atoms with Gasteiger partial charge in [-0.1, -0.05) is 6.58 Å². The molecule has 0 unspecified atom stereocenters. The van der Waals surface area contributed by atoms with Crippen LogP contribution in [0.2, 0.25) is 0 Å². The van der Waals surface area contributed by atoms with Gasteiger partial charge in [0.1, 0.15) is 18.3 Å². The Hall–Kier alpha value is -2.41. The Bertz CT molecular complexity index is 686. The van der Waals surface area contributed by atoms with Gasteiger partial charge in [0.15, 0.2) is 0 Å². The Morgan fingerprint density at radius 3 is 2.42 bits per heavy atom. The van der Waals surface area contributed by atoms with E-state index in [1.54, 1.807) is 13.0 Å². The molecule has 0 aromatic heterocycles. The first-order valence-corrected chi connectivity index (χ1v) is 8.47. The zero-order valence-corrected chi connectivity index (χ0v) is 15.2. The van der Waals surface area contributed by atoms with Crippen molar-refractivity contribution >= 4 is 17.9 Å². The Morgan fingerprint density at radius 2 is 1.85 bits per heavy atom. The second-order valence-corrected chi connectivity index (χ2v) is 6.49. The van der Waals surface area contributed by atoms with Crippen molar-refractivity contribution in [3.63, 3.8) is 0 Å². The number of carbonyl (C=O) groups excluding carboxylic acids is 3. The summed E-state index contributed by atoms with van der Waals surface area (Å²) in [4.78, 5) is 34.9. The highest BCUT2D eigenvalue weighted by molar-refractivity contribution is 5.93. The Kier molecular flexibility index (Phi) is 6.37. The van der Waals surface area contributed by atoms with Gasteiger partial charge in [-0.05, 0) is 42.6 Å². The van der Waals surface area contributed by atoms with Gasteiger partial charge in [-0.15, -0.1) is 0 Å². The lowest BCUT2D eigenvalue weighted by Gasteiger charge is -2.27. The molecule has 142 valence electrons. The van der Waals surface area contributed by atoms with Gasteiger partial charge in [-0.25, -0.2) is 4.79 Å². The van der Waals surface area contributed by atoms with Gasteiger partial charge in [0, 0.05) is 20.3 Å². The summed E-state index contributed by atoms with van der Waals surface area (Å²) < 4.78 is 16.1. The molecule has 1 aliphatic carbocycles. The maximum atomic E-state index is 12.0. The van der Waals surface area contributed by atoms with E-state index < -0.39 is 42.8 Å². The fraction of sp³-hybridized carbons (Fsp3) is 0.526. The minimum absolute atomic E-state index is 0.237. The third kappa shape index (κ3) is 4.60. The van der Waals surface area contributed by atoms with E-state index in [-0.39, 0.29) is 12.0 Å². The van der Waals surface area contributed by atoms with Crippen LogP contribution in [-0.2, 0) is 28.6 Å². The third-order valence-electron chi connectivity index (χ3n) is 4.51. The maximum Gasteiger partial charge on any atom is 0.337 e. The second kappa shape index (κ2) is 8.31. The van der Waals surface area contributed by atoms with Gasteiger partial charge < -0.3 is 19.3 Å². The summed E-state index contributed by atoms with van der Waals surface area (Å²) in [6.45, 7) is 7.95. The molecule has 0 aromatic rings. The number of rotatable bonds is 3. The Morgan fingerprint density at radius 1 is 1.23 bits per heavy atom. The molecule has 0 fully saturated rings. The topological polar surface area (TPSA) is 99.1 Å². The van der Waals surface area contributed by atoms with E-state index in [0.29, 0.717) is 29.6 Å². The summed E-state index contributed by atoms with van der Waals surface area (Å²) in [6.07, 6.45) is 0.975. The van der Waals surface area contributed by atoms with Gasteiger partial charge in [-0.2, -0.15) is 0 Å². The van der Waals surface area contributed by atoms with Crippen molar-refractivity contribution in [3.8, 4) is 0 Å².